The Morgan fingerprint density at radius 1 is 0.963 bits per heavy atom. The molecule has 0 saturated carbocycles. The van der Waals surface area contributed by atoms with Crippen LogP contribution >= 0.6 is 11.8 Å². The highest BCUT2D eigenvalue weighted by Gasteiger charge is 2.50. The second-order valence-electron chi connectivity index (χ2n) is 14.5. The molecule has 2 aliphatic heterocycles. The van der Waals surface area contributed by atoms with Gasteiger partial charge in [-0.15, -0.1) is 11.8 Å². The number of aliphatic hydroxyl groups excluding tert-OH is 1. The van der Waals surface area contributed by atoms with E-state index in [4.69, 9.17) is 9.15 Å². The number of fused-ring (bicyclic) bond motifs is 1. The van der Waals surface area contributed by atoms with Crippen molar-refractivity contribution in [2.24, 2.45) is 5.92 Å². The van der Waals surface area contributed by atoms with E-state index in [1.165, 1.54) is 16.7 Å². The predicted octanol–water partition coefficient (Wildman–Crippen LogP) is 3.63. The van der Waals surface area contributed by atoms with Crippen LogP contribution in [0.15, 0.2) is 88.1 Å². The van der Waals surface area contributed by atoms with Crippen molar-refractivity contribution in [3.8, 4) is 0 Å². The van der Waals surface area contributed by atoms with Crippen molar-refractivity contribution in [2.45, 2.75) is 76.1 Å². The standard InChI is InChI=1S/C41H46N4O8S/c1-24-11-10-12-25(2)29(24)21-42-39(50)36-41(3,4)54-23-45(36)40(51)35(47)30(19-26-13-6-5-7-14-26)43-38(49)34(27-17-18-52-22-27)44-37(48)33-20-31(46)28-15-8-9-16-32(28)53-33/h5-16,20,27,30,34-36,47H,17-19,21-23H2,1-4H3,(H,42,50)(H,43,49)(H,44,48)/t27-,30-,34-,35-,36+/m0/s1. The fraction of sp³-hybridized carbons (Fsp3) is 0.390. The maximum Gasteiger partial charge on any atom is 0.287 e. The molecule has 0 bridgehead atoms. The molecule has 12 nitrogen and oxygen atoms in total. The largest absolute Gasteiger partial charge is 0.451 e. The lowest BCUT2D eigenvalue weighted by atomic mass is 9.94. The average Bonchev–Trinajstić information content (AvgIpc) is 3.80. The summed E-state index contributed by atoms with van der Waals surface area (Å²) in [6, 6.07) is 19.5. The fourth-order valence-corrected chi connectivity index (χ4v) is 8.32. The minimum Gasteiger partial charge on any atom is -0.451 e. The van der Waals surface area contributed by atoms with Crippen molar-refractivity contribution in [3.05, 3.63) is 117 Å². The van der Waals surface area contributed by atoms with Crippen molar-refractivity contribution in [2.75, 3.05) is 19.1 Å². The van der Waals surface area contributed by atoms with Crippen molar-refractivity contribution < 1.29 is 33.4 Å². The molecular weight excluding hydrogens is 709 g/mol. The number of para-hydroxylation sites is 1. The van der Waals surface area contributed by atoms with Crippen molar-refractivity contribution in [3.63, 3.8) is 0 Å². The van der Waals surface area contributed by atoms with Gasteiger partial charge in [-0.1, -0.05) is 60.7 Å². The third-order valence-electron chi connectivity index (χ3n) is 10.3. The SMILES string of the molecule is Cc1cccc(C)c1CNC(=O)[C@H]1N(C(=O)[C@@H](O)[C@H](Cc2ccccc2)NC(=O)[C@@H](NC(=O)c2cc(=O)c3ccccc3o2)[C@H]2CCOC2)CSC1(C)C. The number of hydrogen-bond acceptors (Lipinski definition) is 9. The van der Waals surface area contributed by atoms with Gasteiger partial charge < -0.3 is 35.1 Å². The van der Waals surface area contributed by atoms with Crippen LogP contribution in [-0.4, -0.2) is 81.7 Å². The maximum atomic E-state index is 14.3. The zero-order chi connectivity index (χ0) is 38.6. The molecule has 0 radical (unpaired) electrons. The summed E-state index contributed by atoms with van der Waals surface area (Å²) in [4.78, 5) is 70.0. The molecule has 4 aromatic rings. The van der Waals surface area contributed by atoms with Gasteiger partial charge in [0.25, 0.3) is 11.8 Å². The number of nitrogens with one attached hydrogen (secondary N) is 3. The number of aliphatic hydroxyl groups is 1. The molecule has 3 heterocycles. The number of carbonyl (C=O) groups excluding carboxylic acids is 4. The Morgan fingerprint density at radius 3 is 2.37 bits per heavy atom. The van der Waals surface area contributed by atoms with Gasteiger partial charge in [-0.3, -0.25) is 24.0 Å². The van der Waals surface area contributed by atoms with Gasteiger partial charge >= 0.3 is 0 Å². The number of rotatable bonds is 12. The molecule has 4 N–H and O–H groups in total. The Hall–Kier alpha value is -4.98. The van der Waals surface area contributed by atoms with Crippen LogP contribution in [0.25, 0.3) is 11.0 Å². The molecule has 2 aliphatic rings. The van der Waals surface area contributed by atoms with E-state index in [1.807, 2.05) is 76.2 Å². The Balaban J connectivity index is 1.23. The van der Waals surface area contributed by atoms with Crippen LogP contribution in [0, 0.1) is 19.8 Å². The normalized spacial score (nSPS) is 19.5. The summed E-state index contributed by atoms with van der Waals surface area (Å²) in [5.74, 6) is -3.01. The summed E-state index contributed by atoms with van der Waals surface area (Å²) >= 11 is 1.43. The fourth-order valence-electron chi connectivity index (χ4n) is 7.18. The highest BCUT2D eigenvalue weighted by atomic mass is 32.2. The lowest BCUT2D eigenvalue weighted by Crippen LogP contribution is -2.60. The Labute approximate surface area is 318 Å². The van der Waals surface area contributed by atoms with Gasteiger partial charge in [0, 0.05) is 29.9 Å². The number of hydrogen-bond donors (Lipinski definition) is 4. The second kappa shape index (κ2) is 16.6. The van der Waals surface area contributed by atoms with Gasteiger partial charge in [0.05, 0.1) is 23.9 Å². The van der Waals surface area contributed by atoms with Crippen LogP contribution in [-0.2, 0) is 32.1 Å². The van der Waals surface area contributed by atoms with Crippen LogP contribution in [0.3, 0.4) is 0 Å². The topological polar surface area (TPSA) is 167 Å². The molecule has 284 valence electrons. The van der Waals surface area contributed by atoms with E-state index >= 15 is 0 Å². The number of ether oxygens (including phenoxy) is 1. The van der Waals surface area contributed by atoms with Crippen LogP contribution in [0.1, 0.15) is 53.1 Å². The number of carbonyl (C=O) groups is 4. The van der Waals surface area contributed by atoms with Gasteiger partial charge in [-0.2, -0.15) is 0 Å². The molecule has 5 atom stereocenters. The first-order valence-electron chi connectivity index (χ1n) is 18.0. The number of thioether (sulfide) groups is 1. The van der Waals surface area contributed by atoms with Crippen LogP contribution in [0.5, 0.6) is 0 Å². The summed E-state index contributed by atoms with van der Waals surface area (Å²) in [7, 11) is 0. The quantitative estimate of drug-likeness (QED) is 0.169. The first-order valence-corrected chi connectivity index (χ1v) is 19.0. The van der Waals surface area contributed by atoms with E-state index < -0.39 is 58.0 Å². The first kappa shape index (κ1) is 38.7. The van der Waals surface area contributed by atoms with Gasteiger partial charge in [0.1, 0.15) is 17.7 Å². The number of amides is 4. The van der Waals surface area contributed by atoms with Crippen molar-refractivity contribution in [1.29, 1.82) is 0 Å². The molecule has 0 spiro atoms. The van der Waals surface area contributed by atoms with E-state index in [9.17, 15) is 29.1 Å². The van der Waals surface area contributed by atoms with Crippen LogP contribution < -0.4 is 21.4 Å². The van der Waals surface area contributed by atoms with E-state index in [0.717, 1.165) is 28.3 Å². The lowest BCUT2D eigenvalue weighted by Gasteiger charge is -2.34. The zero-order valence-corrected chi connectivity index (χ0v) is 31.6. The summed E-state index contributed by atoms with van der Waals surface area (Å²) in [5, 5.41) is 20.8. The summed E-state index contributed by atoms with van der Waals surface area (Å²) < 4.78 is 10.6. The van der Waals surface area contributed by atoms with Crippen LogP contribution in [0.2, 0.25) is 0 Å². The molecule has 0 aliphatic carbocycles. The maximum absolute atomic E-state index is 14.3. The van der Waals surface area contributed by atoms with E-state index in [-0.39, 0.29) is 42.7 Å². The highest BCUT2D eigenvalue weighted by Crippen LogP contribution is 2.40. The lowest BCUT2D eigenvalue weighted by molar-refractivity contribution is -0.148. The van der Waals surface area contributed by atoms with Gasteiger partial charge in [-0.25, -0.2) is 0 Å². The average molecular weight is 755 g/mol. The smallest absolute Gasteiger partial charge is 0.287 e. The highest BCUT2D eigenvalue weighted by molar-refractivity contribution is 8.00. The van der Waals surface area contributed by atoms with Crippen LogP contribution in [0.4, 0.5) is 0 Å². The van der Waals surface area contributed by atoms with Gasteiger partial charge in [0.15, 0.2) is 17.3 Å². The molecule has 6 rings (SSSR count). The summed E-state index contributed by atoms with van der Waals surface area (Å²) in [6.45, 7) is 8.58. The Morgan fingerprint density at radius 2 is 1.67 bits per heavy atom. The molecule has 2 saturated heterocycles. The third-order valence-corrected chi connectivity index (χ3v) is 11.7. The Bertz CT molecular complexity index is 2060. The number of benzene rings is 3. The molecule has 54 heavy (non-hydrogen) atoms. The van der Waals surface area contributed by atoms with E-state index in [1.54, 1.807) is 24.3 Å². The predicted molar refractivity (Wildman–Crippen MR) is 206 cm³/mol. The van der Waals surface area contributed by atoms with Crippen molar-refractivity contribution >= 4 is 46.4 Å². The molecule has 3 aromatic carbocycles. The number of aryl methyl sites for hydroxylation is 2. The monoisotopic (exact) mass is 754 g/mol. The molecule has 4 amide bonds. The molecule has 2 fully saturated rings. The minimum absolute atomic E-state index is 0.0780. The summed E-state index contributed by atoms with van der Waals surface area (Å²) in [6.07, 6.45) is -1.20. The first-order chi connectivity index (χ1) is 25.8. The second-order valence-corrected chi connectivity index (χ2v) is 16.1. The van der Waals surface area contributed by atoms with Crippen molar-refractivity contribution in [1.82, 2.24) is 20.9 Å². The molecule has 0 unspecified atom stereocenters. The summed E-state index contributed by atoms with van der Waals surface area (Å²) in [5.41, 5.74) is 3.64. The Kier molecular flexibility index (Phi) is 11.9. The zero-order valence-electron chi connectivity index (χ0n) is 30.8. The molecule has 13 heteroatoms. The van der Waals surface area contributed by atoms with Gasteiger partial charge in [-0.05, 0) is 74.9 Å². The molecular formula is C41H46N4O8S. The minimum atomic E-state index is -1.74. The van der Waals surface area contributed by atoms with Gasteiger partial charge in [0.2, 0.25) is 11.8 Å². The molecule has 1 aromatic heterocycles. The third kappa shape index (κ3) is 8.53. The number of nitrogens with zero attached hydrogens (tertiary/aromatic N) is 1. The van der Waals surface area contributed by atoms with E-state index in [0.29, 0.717) is 18.4 Å². The van der Waals surface area contributed by atoms with E-state index in [2.05, 4.69) is 16.0 Å².